The smallest absolute Gasteiger partial charge is 0.338 e. The largest absolute Gasteiger partial charge is 0.462 e. The van der Waals surface area contributed by atoms with Gasteiger partial charge >= 0.3 is 5.97 Å². The van der Waals surface area contributed by atoms with Crippen LogP contribution >= 0.6 is 0 Å². The average molecular weight is 337 g/mol. The molecule has 0 amide bonds. The minimum atomic E-state index is -0.291. The van der Waals surface area contributed by atoms with Crippen molar-refractivity contribution in [1.82, 2.24) is 4.40 Å². The SMILES string of the molecule is CCOC(=O)c1cc2cccn2c(C(C)OCc2ccccc2)c1C. The molecule has 1 atom stereocenters. The molecule has 0 fully saturated rings. The van der Waals surface area contributed by atoms with Crippen LogP contribution in [0.4, 0.5) is 0 Å². The van der Waals surface area contributed by atoms with Crippen molar-refractivity contribution in [3.05, 3.63) is 77.1 Å². The molecule has 0 saturated carbocycles. The Bertz CT molecular complexity index is 867. The van der Waals surface area contributed by atoms with E-state index in [1.54, 1.807) is 0 Å². The lowest BCUT2D eigenvalue weighted by Crippen LogP contribution is -2.14. The molecule has 4 heteroatoms. The Labute approximate surface area is 148 Å². The Morgan fingerprint density at radius 2 is 1.92 bits per heavy atom. The van der Waals surface area contributed by atoms with Crippen molar-refractivity contribution in [1.29, 1.82) is 0 Å². The summed E-state index contributed by atoms with van der Waals surface area (Å²) >= 11 is 0. The summed E-state index contributed by atoms with van der Waals surface area (Å²) in [5, 5.41) is 0. The Morgan fingerprint density at radius 3 is 2.64 bits per heavy atom. The number of rotatable bonds is 6. The first-order chi connectivity index (χ1) is 12.1. The summed E-state index contributed by atoms with van der Waals surface area (Å²) in [6.07, 6.45) is 1.83. The molecule has 0 saturated heterocycles. The summed E-state index contributed by atoms with van der Waals surface area (Å²) in [5.41, 5.74) is 4.54. The lowest BCUT2D eigenvalue weighted by molar-refractivity contribution is 0.0476. The molecule has 0 radical (unpaired) electrons. The van der Waals surface area contributed by atoms with Crippen LogP contribution in [-0.4, -0.2) is 17.0 Å². The maximum absolute atomic E-state index is 12.3. The highest BCUT2D eigenvalue weighted by atomic mass is 16.5. The van der Waals surface area contributed by atoms with Crippen LogP contribution in [0.15, 0.2) is 54.7 Å². The summed E-state index contributed by atoms with van der Waals surface area (Å²) in [6, 6.07) is 15.9. The number of carbonyl (C=O) groups excluding carboxylic acids is 1. The molecule has 0 spiro atoms. The zero-order valence-corrected chi connectivity index (χ0v) is 14.9. The average Bonchev–Trinajstić information content (AvgIpc) is 3.08. The number of aromatic nitrogens is 1. The fourth-order valence-corrected chi connectivity index (χ4v) is 3.10. The molecule has 25 heavy (non-hydrogen) atoms. The van der Waals surface area contributed by atoms with E-state index in [9.17, 15) is 4.79 Å². The van der Waals surface area contributed by atoms with Crippen LogP contribution in [0.2, 0.25) is 0 Å². The van der Waals surface area contributed by atoms with Crippen LogP contribution in [-0.2, 0) is 16.1 Å². The van der Waals surface area contributed by atoms with Crippen LogP contribution in [0.5, 0.6) is 0 Å². The molecule has 130 valence electrons. The lowest BCUT2D eigenvalue weighted by Gasteiger charge is -2.20. The van der Waals surface area contributed by atoms with E-state index in [4.69, 9.17) is 9.47 Å². The van der Waals surface area contributed by atoms with Crippen molar-refractivity contribution in [2.24, 2.45) is 0 Å². The number of nitrogens with zero attached hydrogens (tertiary/aromatic N) is 1. The highest BCUT2D eigenvalue weighted by molar-refractivity contribution is 5.92. The predicted molar refractivity (Wildman–Crippen MR) is 97.7 cm³/mol. The zero-order valence-electron chi connectivity index (χ0n) is 14.9. The molecule has 0 aliphatic carbocycles. The lowest BCUT2D eigenvalue weighted by atomic mass is 10.0. The van der Waals surface area contributed by atoms with Gasteiger partial charge in [0.05, 0.1) is 30.6 Å². The van der Waals surface area contributed by atoms with Crippen LogP contribution in [0.3, 0.4) is 0 Å². The number of ether oxygens (including phenoxy) is 2. The van der Waals surface area contributed by atoms with E-state index in [2.05, 4.69) is 4.40 Å². The van der Waals surface area contributed by atoms with Gasteiger partial charge in [-0.2, -0.15) is 0 Å². The minimum Gasteiger partial charge on any atom is -0.462 e. The predicted octanol–water partition coefficient (Wildman–Crippen LogP) is 4.70. The van der Waals surface area contributed by atoms with Crippen molar-refractivity contribution < 1.29 is 14.3 Å². The molecule has 4 nitrogen and oxygen atoms in total. The number of carbonyl (C=O) groups is 1. The van der Waals surface area contributed by atoms with Gasteiger partial charge in [-0.3, -0.25) is 0 Å². The highest BCUT2D eigenvalue weighted by Gasteiger charge is 2.20. The van der Waals surface area contributed by atoms with E-state index < -0.39 is 0 Å². The Balaban J connectivity index is 1.94. The molecule has 0 N–H and O–H groups in total. The van der Waals surface area contributed by atoms with E-state index in [1.165, 1.54) is 0 Å². The van der Waals surface area contributed by atoms with Crippen LogP contribution in [0.1, 0.15) is 47.1 Å². The standard InChI is InChI=1S/C21H23NO3/c1-4-24-21(23)19-13-18-11-8-12-22(18)20(15(19)2)16(3)25-14-17-9-6-5-7-10-17/h5-13,16H,4,14H2,1-3H3. The van der Waals surface area contributed by atoms with E-state index in [-0.39, 0.29) is 12.1 Å². The summed E-state index contributed by atoms with van der Waals surface area (Å²) < 4.78 is 13.4. The quantitative estimate of drug-likeness (QED) is 0.612. The van der Waals surface area contributed by atoms with Crippen LogP contribution in [0, 0.1) is 6.92 Å². The fraction of sp³-hybridized carbons (Fsp3) is 0.286. The highest BCUT2D eigenvalue weighted by Crippen LogP contribution is 2.27. The van der Waals surface area contributed by atoms with Crippen LogP contribution < -0.4 is 0 Å². The van der Waals surface area contributed by atoms with Gasteiger partial charge in [-0.15, -0.1) is 0 Å². The normalized spacial score (nSPS) is 12.3. The first kappa shape index (κ1) is 17.2. The maximum atomic E-state index is 12.3. The Kier molecular flexibility index (Phi) is 5.19. The third kappa shape index (κ3) is 3.59. The molecule has 0 aliphatic rings. The first-order valence-corrected chi connectivity index (χ1v) is 8.55. The van der Waals surface area contributed by atoms with Gasteiger partial charge < -0.3 is 13.9 Å². The van der Waals surface area contributed by atoms with Gasteiger partial charge in [0.25, 0.3) is 0 Å². The second kappa shape index (κ2) is 7.53. The molecular weight excluding hydrogens is 314 g/mol. The Hall–Kier alpha value is -2.59. The molecule has 0 bridgehead atoms. The third-order valence-corrected chi connectivity index (χ3v) is 4.34. The fourth-order valence-electron chi connectivity index (χ4n) is 3.10. The second-order valence-corrected chi connectivity index (χ2v) is 6.03. The summed E-state index contributed by atoms with van der Waals surface area (Å²) in [4.78, 5) is 12.3. The van der Waals surface area contributed by atoms with E-state index in [0.717, 1.165) is 22.3 Å². The zero-order chi connectivity index (χ0) is 17.8. The third-order valence-electron chi connectivity index (χ3n) is 4.34. The van der Waals surface area contributed by atoms with Gasteiger partial charge in [0.1, 0.15) is 0 Å². The number of fused-ring (bicyclic) bond motifs is 1. The molecule has 3 rings (SSSR count). The van der Waals surface area contributed by atoms with Gasteiger partial charge in [-0.25, -0.2) is 4.79 Å². The van der Waals surface area contributed by atoms with Gasteiger partial charge in [0.2, 0.25) is 0 Å². The number of pyridine rings is 1. The number of hydrogen-bond donors (Lipinski definition) is 0. The van der Waals surface area contributed by atoms with Crippen molar-refractivity contribution in [3.63, 3.8) is 0 Å². The Morgan fingerprint density at radius 1 is 1.16 bits per heavy atom. The van der Waals surface area contributed by atoms with Crippen LogP contribution in [0.25, 0.3) is 5.52 Å². The monoisotopic (exact) mass is 337 g/mol. The summed E-state index contributed by atoms with van der Waals surface area (Å²) in [5.74, 6) is -0.291. The minimum absolute atomic E-state index is 0.163. The van der Waals surface area contributed by atoms with Gasteiger partial charge in [0, 0.05) is 11.7 Å². The molecule has 1 unspecified atom stereocenters. The topological polar surface area (TPSA) is 39.9 Å². The number of esters is 1. The van der Waals surface area contributed by atoms with Crippen molar-refractivity contribution in [2.45, 2.75) is 33.5 Å². The molecule has 3 aromatic rings. The molecular formula is C21H23NO3. The van der Waals surface area contributed by atoms with Gasteiger partial charge in [-0.1, -0.05) is 30.3 Å². The van der Waals surface area contributed by atoms with Crippen molar-refractivity contribution >= 4 is 11.5 Å². The maximum Gasteiger partial charge on any atom is 0.338 e. The number of benzene rings is 1. The van der Waals surface area contributed by atoms with Crippen molar-refractivity contribution in [2.75, 3.05) is 6.61 Å². The van der Waals surface area contributed by atoms with E-state index >= 15 is 0 Å². The first-order valence-electron chi connectivity index (χ1n) is 8.55. The van der Waals surface area contributed by atoms with Gasteiger partial charge in [0.15, 0.2) is 0 Å². The summed E-state index contributed by atoms with van der Waals surface area (Å²) in [6.45, 7) is 6.66. The second-order valence-electron chi connectivity index (χ2n) is 6.03. The van der Waals surface area contributed by atoms with E-state index in [0.29, 0.717) is 18.8 Å². The van der Waals surface area contributed by atoms with Crippen molar-refractivity contribution in [3.8, 4) is 0 Å². The van der Waals surface area contributed by atoms with Gasteiger partial charge in [-0.05, 0) is 50.1 Å². The molecule has 2 heterocycles. The molecule has 1 aromatic carbocycles. The van der Waals surface area contributed by atoms with E-state index in [1.807, 2.05) is 75.5 Å². The number of hydrogen-bond acceptors (Lipinski definition) is 3. The molecule has 0 aliphatic heterocycles. The summed E-state index contributed by atoms with van der Waals surface area (Å²) in [7, 11) is 0. The molecule has 2 aromatic heterocycles.